The third kappa shape index (κ3) is 4.30. The lowest BCUT2D eigenvalue weighted by atomic mass is 9.95. The van der Waals surface area contributed by atoms with Crippen LogP contribution in [0.25, 0.3) is 0 Å². The minimum atomic E-state index is -0.816. The van der Waals surface area contributed by atoms with Gasteiger partial charge in [-0.1, -0.05) is 43.1 Å². The van der Waals surface area contributed by atoms with Crippen molar-refractivity contribution in [2.75, 3.05) is 6.54 Å². The number of nitrogens with one attached hydrogen (secondary N) is 1. The molecule has 1 aromatic carbocycles. The van der Waals surface area contributed by atoms with E-state index in [0.717, 1.165) is 30.0 Å². The van der Waals surface area contributed by atoms with Crippen molar-refractivity contribution in [2.24, 2.45) is 0 Å². The van der Waals surface area contributed by atoms with Crippen LogP contribution in [0.5, 0.6) is 0 Å². The van der Waals surface area contributed by atoms with Crippen LogP contribution in [-0.4, -0.2) is 22.0 Å². The molecule has 0 amide bonds. The molecule has 106 valence electrons. The third-order valence-electron chi connectivity index (χ3n) is 3.75. The standard InChI is InChI=1S/C15H22ClNOS/c1-2-17-13-7-5-8-14(10-13)19(18)11-12-6-3-4-9-15(12)16/h3-4,6,9,13-14,17H,2,5,7-8,10-11H2,1H3. The van der Waals surface area contributed by atoms with Gasteiger partial charge in [0.05, 0.1) is 5.75 Å². The molecule has 1 aliphatic rings. The van der Waals surface area contributed by atoms with E-state index >= 15 is 0 Å². The summed E-state index contributed by atoms with van der Waals surface area (Å²) in [5.41, 5.74) is 1.01. The summed E-state index contributed by atoms with van der Waals surface area (Å²) in [6.45, 7) is 3.12. The van der Waals surface area contributed by atoms with E-state index in [1.807, 2.05) is 24.3 Å². The van der Waals surface area contributed by atoms with Crippen molar-refractivity contribution in [3.05, 3.63) is 34.9 Å². The van der Waals surface area contributed by atoms with Gasteiger partial charge in [-0.3, -0.25) is 4.21 Å². The van der Waals surface area contributed by atoms with Crippen molar-refractivity contribution < 1.29 is 4.21 Å². The Balaban J connectivity index is 1.94. The molecular formula is C15H22ClNOS. The quantitative estimate of drug-likeness (QED) is 0.901. The highest BCUT2D eigenvalue weighted by Crippen LogP contribution is 2.26. The van der Waals surface area contributed by atoms with Gasteiger partial charge in [0.25, 0.3) is 0 Å². The highest BCUT2D eigenvalue weighted by atomic mass is 35.5. The van der Waals surface area contributed by atoms with Gasteiger partial charge in [-0.05, 0) is 37.4 Å². The SMILES string of the molecule is CCNC1CCCC(S(=O)Cc2ccccc2Cl)C1. The molecule has 0 saturated heterocycles. The molecule has 3 unspecified atom stereocenters. The van der Waals surface area contributed by atoms with Gasteiger partial charge in [0.1, 0.15) is 0 Å². The first kappa shape index (κ1) is 15.0. The Kier molecular flexibility index (Phi) is 5.86. The number of halogens is 1. The zero-order chi connectivity index (χ0) is 13.7. The molecule has 0 bridgehead atoms. The van der Waals surface area contributed by atoms with E-state index in [9.17, 15) is 4.21 Å². The van der Waals surface area contributed by atoms with Gasteiger partial charge in [0.15, 0.2) is 0 Å². The molecule has 4 heteroatoms. The maximum absolute atomic E-state index is 12.5. The summed E-state index contributed by atoms with van der Waals surface area (Å²) in [7, 11) is -0.816. The second kappa shape index (κ2) is 7.41. The van der Waals surface area contributed by atoms with E-state index in [2.05, 4.69) is 12.2 Å². The van der Waals surface area contributed by atoms with Crippen LogP contribution in [0.4, 0.5) is 0 Å². The van der Waals surface area contributed by atoms with Gasteiger partial charge in [-0.15, -0.1) is 0 Å². The molecule has 1 fully saturated rings. The van der Waals surface area contributed by atoms with Crippen LogP contribution >= 0.6 is 11.6 Å². The third-order valence-corrected chi connectivity index (χ3v) is 5.88. The predicted molar refractivity (Wildman–Crippen MR) is 83.0 cm³/mol. The fraction of sp³-hybridized carbons (Fsp3) is 0.600. The molecule has 0 aliphatic heterocycles. The Morgan fingerprint density at radius 1 is 1.37 bits per heavy atom. The van der Waals surface area contributed by atoms with Crippen LogP contribution in [-0.2, 0) is 16.6 Å². The van der Waals surface area contributed by atoms with E-state index in [4.69, 9.17) is 11.6 Å². The van der Waals surface area contributed by atoms with E-state index in [1.165, 1.54) is 12.8 Å². The highest BCUT2D eigenvalue weighted by Gasteiger charge is 2.26. The molecule has 1 aliphatic carbocycles. The van der Waals surface area contributed by atoms with Crippen molar-refractivity contribution in [1.29, 1.82) is 0 Å². The molecule has 3 atom stereocenters. The highest BCUT2D eigenvalue weighted by molar-refractivity contribution is 7.84. The smallest absolute Gasteiger partial charge is 0.0503 e. The van der Waals surface area contributed by atoms with Crippen LogP contribution < -0.4 is 5.32 Å². The van der Waals surface area contributed by atoms with Crippen LogP contribution in [0.2, 0.25) is 5.02 Å². The molecule has 1 aromatic rings. The van der Waals surface area contributed by atoms with E-state index in [1.54, 1.807) is 0 Å². The fourth-order valence-electron chi connectivity index (χ4n) is 2.74. The van der Waals surface area contributed by atoms with Gasteiger partial charge >= 0.3 is 0 Å². The average Bonchev–Trinajstić information content (AvgIpc) is 2.42. The van der Waals surface area contributed by atoms with E-state index in [0.29, 0.717) is 17.0 Å². The van der Waals surface area contributed by atoms with Crippen molar-refractivity contribution in [3.63, 3.8) is 0 Å². The molecule has 2 nitrogen and oxygen atoms in total. The maximum atomic E-state index is 12.5. The van der Waals surface area contributed by atoms with Crippen molar-refractivity contribution in [2.45, 2.75) is 49.7 Å². The van der Waals surface area contributed by atoms with Crippen LogP contribution in [0, 0.1) is 0 Å². The van der Waals surface area contributed by atoms with Gasteiger partial charge in [0.2, 0.25) is 0 Å². The molecule has 1 N–H and O–H groups in total. The second-order valence-corrected chi connectivity index (χ2v) is 7.28. The molecule has 19 heavy (non-hydrogen) atoms. The number of benzene rings is 1. The summed E-state index contributed by atoms with van der Waals surface area (Å²) in [4.78, 5) is 0. The lowest BCUT2D eigenvalue weighted by molar-refractivity contribution is 0.383. The zero-order valence-corrected chi connectivity index (χ0v) is 13.0. The first-order valence-corrected chi connectivity index (χ1v) is 8.80. The Hall–Kier alpha value is -0.380. The first-order valence-electron chi connectivity index (χ1n) is 7.04. The number of hydrogen-bond donors (Lipinski definition) is 1. The molecule has 0 spiro atoms. The van der Waals surface area contributed by atoms with Gasteiger partial charge in [-0.2, -0.15) is 0 Å². The predicted octanol–water partition coefficient (Wildman–Crippen LogP) is 3.51. The lowest BCUT2D eigenvalue weighted by Gasteiger charge is -2.29. The molecule has 0 radical (unpaired) electrons. The lowest BCUT2D eigenvalue weighted by Crippen LogP contribution is -2.37. The van der Waals surface area contributed by atoms with Crippen molar-refractivity contribution in [3.8, 4) is 0 Å². The Morgan fingerprint density at radius 2 is 2.16 bits per heavy atom. The Labute approximate surface area is 123 Å². The van der Waals surface area contributed by atoms with Gasteiger partial charge < -0.3 is 5.32 Å². The summed E-state index contributed by atoms with van der Waals surface area (Å²) >= 11 is 6.14. The minimum absolute atomic E-state index is 0.314. The van der Waals surface area contributed by atoms with Crippen LogP contribution in [0.1, 0.15) is 38.2 Å². The largest absolute Gasteiger partial charge is 0.314 e. The Morgan fingerprint density at radius 3 is 2.89 bits per heavy atom. The van der Waals surface area contributed by atoms with Gasteiger partial charge in [-0.25, -0.2) is 0 Å². The Bertz CT molecular complexity index is 436. The van der Waals surface area contributed by atoms with Crippen LogP contribution in [0.15, 0.2) is 24.3 Å². The van der Waals surface area contributed by atoms with Gasteiger partial charge in [0, 0.05) is 27.1 Å². The van der Waals surface area contributed by atoms with Crippen LogP contribution in [0.3, 0.4) is 0 Å². The summed E-state index contributed by atoms with van der Waals surface area (Å²) < 4.78 is 12.5. The first-order chi connectivity index (χ1) is 9.20. The summed E-state index contributed by atoms with van der Waals surface area (Å²) in [6.07, 6.45) is 4.51. The van der Waals surface area contributed by atoms with Crippen molar-refractivity contribution >= 4 is 22.4 Å². The summed E-state index contributed by atoms with van der Waals surface area (Å²) in [5.74, 6) is 0.586. The maximum Gasteiger partial charge on any atom is 0.0503 e. The molecular weight excluding hydrogens is 278 g/mol. The van der Waals surface area contributed by atoms with E-state index < -0.39 is 10.8 Å². The normalized spacial score (nSPS) is 25.2. The topological polar surface area (TPSA) is 29.1 Å². The zero-order valence-electron chi connectivity index (χ0n) is 11.4. The molecule has 2 rings (SSSR count). The monoisotopic (exact) mass is 299 g/mol. The molecule has 1 saturated carbocycles. The second-order valence-electron chi connectivity index (χ2n) is 5.16. The average molecular weight is 300 g/mol. The van der Waals surface area contributed by atoms with Crippen molar-refractivity contribution in [1.82, 2.24) is 5.32 Å². The number of rotatable bonds is 5. The molecule has 0 aromatic heterocycles. The fourth-order valence-corrected chi connectivity index (χ4v) is 4.70. The summed E-state index contributed by atoms with van der Waals surface area (Å²) in [6, 6.07) is 8.26. The minimum Gasteiger partial charge on any atom is -0.314 e. The van der Waals surface area contributed by atoms with E-state index in [-0.39, 0.29) is 0 Å². The summed E-state index contributed by atoms with van der Waals surface area (Å²) in [5, 5.41) is 4.53. The molecule has 0 heterocycles. The number of hydrogen-bond acceptors (Lipinski definition) is 2.